The first-order valence-corrected chi connectivity index (χ1v) is 8.34. The van der Waals surface area contributed by atoms with Crippen molar-refractivity contribution in [3.63, 3.8) is 0 Å². The standard InChI is InChI=1S/C19H19ClN4O2/c1-13-11-24(19(21)23-13)22-10-15-5-8-17(18(9-15)25-2)26-12-14-3-6-16(20)7-4-14/h3-11H,12H2,1-2H3,(H2,21,23). The maximum atomic E-state index is 5.89. The summed E-state index contributed by atoms with van der Waals surface area (Å²) in [5, 5.41) is 5.00. The molecule has 0 atom stereocenters. The highest BCUT2D eigenvalue weighted by atomic mass is 35.5. The van der Waals surface area contributed by atoms with Gasteiger partial charge in [0.15, 0.2) is 11.5 Å². The van der Waals surface area contributed by atoms with Gasteiger partial charge in [0.25, 0.3) is 0 Å². The van der Waals surface area contributed by atoms with E-state index < -0.39 is 0 Å². The molecule has 0 unspecified atom stereocenters. The Kier molecular flexibility index (Phi) is 5.43. The molecule has 1 aromatic heterocycles. The second-order valence-corrected chi connectivity index (χ2v) is 6.09. The average Bonchev–Trinajstić information content (AvgIpc) is 2.97. The van der Waals surface area contributed by atoms with Gasteiger partial charge >= 0.3 is 0 Å². The molecule has 7 heteroatoms. The molecule has 0 amide bonds. The predicted molar refractivity (Wildman–Crippen MR) is 103 cm³/mol. The molecule has 0 aliphatic carbocycles. The van der Waals surface area contributed by atoms with Gasteiger partial charge in [-0.25, -0.2) is 9.66 Å². The van der Waals surface area contributed by atoms with Gasteiger partial charge in [-0.3, -0.25) is 0 Å². The van der Waals surface area contributed by atoms with Crippen molar-refractivity contribution in [2.45, 2.75) is 13.5 Å². The zero-order chi connectivity index (χ0) is 18.5. The highest BCUT2D eigenvalue weighted by Gasteiger charge is 2.06. The molecule has 3 rings (SSSR count). The summed E-state index contributed by atoms with van der Waals surface area (Å²) in [7, 11) is 1.60. The number of nitrogens with two attached hydrogens (primary N) is 1. The monoisotopic (exact) mass is 370 g/mol. The topological polar surface area (TPSA) is 74.7 Å². The van der Waals surface area contributed by atoms with Crippen LogP contribution in [0.15, 0.2) is 53.8 Å². The molecule has 0 spiro atoms. The summed E-state index contributed by atoms with van der Waals surface area (Å²) in [4.78, 5) is 4.10. The van der Waals surface area contributed by atoms with Gasteiger partial charge in [0.1, 0.15) is 6.61 Å². The Bertz CT molecular complexity index is 920. The summed E-state index contributed by atoms with van der Waals surface area (Å²) in [5.74, 6) is 1.61. The summed E-state index contributed by atoms with van der Waals surface area (Å²) in [6.45, 7) is 2.28. The van der Waals surface area contributed by atoms with E-state index in [9.17, 15) is 0 Å². The summed E-state index contributed by atoms with van der Waals surface area (Å²) in [6, 6.07) is 13.1. The summed E-state index contributed by atoms with van der Waals surface area (Å²) in [5.41, 5.74) is 8.46. The van der Waals surface area contributed by atoms with Crippen molar-refractivity contribution < 1.29 is 9.47 Å². The summed E-state index contributed by atoms with van der Waals surface area (Å²) >= 11 is 5.89. The van der Waals surface area contributed by atoms with Crippen LogP contribution in [0.5, 0.6) is 11.5 Å². The van der Waals surface area contributed by atoms with Crippen LogP contribution in [0.25, 0.3) is 0 Å². The molecule has 134 valence electrons. The Hall–Kier alpha value is -2.99. The quantitative estimate of drug-likeness (QED) is 0.668. The lowest BCUT2D eigenvalue weighted by atomic mass is 10.2. The molecule has 0 saturated carbocycles. The van der Waals surface area contributed by atoms with Crippen molar-refractivity contribution >= 4 is 23.8 Å². The number of methoxy groups -OCH3 is 1. The number of nitrogen functional groups attached to an aromatic ring is 1. The zero-order valence-electron chi connectivity index (χ0n) is 14.5. The number of ether oxygens (including phenoxy) is 2. The van der Waals surface area contributed by atoms with E-state index in [0.29, 0.717) is 29.1 Å². The highest BCUT2D eigenvalue weighted by molar-refractivity contribution is 6.30. The number of aryl methyl sites for hydroxylation is 1. The van der Waals surface area contributed by atoms with Crippen LogP contribution in [-0.4, -0.2) is 23.0 Å². The van der Waals surface area contributed by atoms with Gasteiger partial charge < -0.3 is 15.2 Å². The lowest BCUT2D eigenvalue weighted by Crippen LogP contribution is -1.99. The van der Waals surface area contributed by atoms with Crippen LogP contribution in [0.3, 0.4) is 0 Å². The predicted octanol–water partition coefficient (Wildman–Crippen LogP) is 3.90. The Morgan fingerprint density at radius 2 is 1.96 bits per heavy atom. The first-order chi connectivity index (χ1) is 12.5. The number of benzene rings is 2. The third-order valence-electron chi connectivity index (χ3n) is 3.66. The van der Waals surface area contributed by atoms with Crippen molar-refractivity contribution in [1.29, 1.82) is 0 Å². The SMILES string of the molecule is COc1cc(C=Nn2cc(C)nc2N)ccc1OCc1ccc(Cl)cc1. The van der Waals surface area contributed by atoms with Crippen molar-refractivity contribution in [2.24, 2.45) is 5.10 Å². The van der Waals surface area contributed by atoms with Crippen molar-refractivity contribution in [3.8, 4) is 11.5 Å². The molecular weight excluding hydrogens is 352 g/mol. The lowest BCUT2D eigenvalue weighted by molar-refractivity contribution is 0.284. The third-order valence-corrected chi connectivity index (χ3v) is 3.91. The highest BCUT2D eigenvalue weighted by Crippen LogP contribution is 2.28. The van der Waals surface area contributed by atoms with Gasteiger partial charge in [-0.05, 0) is 48.4 Å². The number of anilines is 1. The van der Waals surface area contributed by atoms with Crippen LogP contribution in [0.2, 0.25) is 5.02 Å². The van der Waals surface area contributed by atoms with Crippen LogP contribution >= 0.6 is 11.6 Å². The number of rotatable bonds is 6. The first-order valence-electron chi connectivity index (χ1n) is 7.96. The fourth-order valence-electron chi connectivity index (χ4n) is 2.35. The van der Waals surface area contributed by atoms with Gasteiger partial charge in [0, 0.05) is 5.02 Å². The molecule has 26 heavy (non-hydrogen) atoms. The number of aromatic nitrogens is 2. The number of nitrogens with zero attached hydrogens (tertiary/aromatic N) is 3. The second-order valence-electron chi connectivity index (χ2n) is 5.66. The first kappa shape index (κ1) is 17.8. The fourth-order valence-corrected chi connectivity index (χ4v) is 2.48. The van der Waals surface area contributed by atoms with Crippen molar-refractivity contribution in [3.05, 3.63) is 70.5 Å². The van der Waals surface area contributed by atoms with Crippen LogP contribution in [0.1, 0.15) is 16.8 Å². The molecular formula is C19H19ClN4O2. The Balaban J connectivity index is 1.72. The molecule has 0 bridgehead atoms. The van der Waals surface area contributed by atoms with E-state index in [0.717, 1.165) is 16.8 Å². The van der Waals surface area contributed by atoms with Crippen molar-refractivity contribution in [1.82, 2.24) is 9.66 Å². The summed E-state index contributed by atoms with van der Waals surface area (Å²) in [6.07, 6.45) is 3.44. The Morgan fingerprint density at radius 1 is 1.19 bits per heavy atom. The molecule has 0 fully saturated rings. The van der Waals surface area contributed by atoms with Gasteiger partial charge in [0.05, 0.1) is 25.2 Å². The molecule has 6 nitrogen and oxygen atoms in total. The van der Waals surface area contributed by atoms with E-state index >= 15 is 0 Å². The van der Waals surface area contributed by atoms with Crippen LogP contribution in [0, 0.1) is 6.92 Å². The molecule has 0 radical (unpaired) electrons. The number of hydrogen-bond donors (Lipinski definition) is 1. The Morgan fingerprint density at radius 3 is 2.62 bits per heavy atom. The van der Waals surface area contributed by atoms with E-state index in [1.807, 2.05) is 49.4 Å². The number of hydrogen-bond acceptors (Lipinski definition) is 5. The van der Waals surface area contributed by atoms with Crippen LogP contribution in [0.4, 0.5) is 5.95 Å². The van der Waals surface area contributed by atoms with Gasteiger partial charge in [-0.1, -0.05) is 23.7 Å². The van der Waals surface area contributed by atoms with Gasteiger partial charge in [-0.2, -0.15) is 5.10 Å². The van der Waals surface area contributed by atoms with Gasteiger partial charge in [0.2, 0.25) is 5.95 Å². The fraction of sp³-hybridized carbons (Fsp3) is 0.158. The van der Waals surface area contributed by atoms with Crippen LogP contribution in [-0.2, 0) is 6.61 Å². The van der Waals surface area contributed by atoms with E-state index in [1.165, 1.54) is 4.68 Å². The average molecular weight is 371 g/mol. The molecule has 0 aliphatic heterocycles. The molecule has 3 aromatic rings. The number of halogens is 1. The van der Waals surface area contributed by atoms with Crippen molar-refractivity contribution in [2.75, 3.05) is 12.8 Å². The largest absolute Gasteiger partial charge is 0.493 e. The minimum absolute atomic E-state index is 0.341. The third kappa shape index (κ3) is 4.34. The van der Waals surface area contributed by atoms with Crippen LogP contribution < -0.4 is 15.2 Å². The normalized spacial score (nSPS) is 11.0. The van der Waals surface area contributed by atoms with E-state index in [2.05, 4.69) is 10.1 Å². The molecule has 0 saturated heterocycles. The molecule has 1 heterocycles. The lowest BCUT2D eigenvalue weighted by Gasteiger charge is -2.11. The maximum absolute atomic E-state index is 5.89. The smallest absolute Gasteiger partial charge is 0.221 e. The van der Waals surface area contributed by atoms with E-state index in [1.54, 1.807) is 19.5 Å². The van der Waals surface area contributed by atoms with E-state index in [-0.39, 0.29) is 0 Å². The zero-order valence-corrected chi connectivity index (χ0v) is 15.3. The number of imidazole rings is 1. The molecule has 2 N–H and O–H groups in total. The Labute approximate surface area is 156 Å². The molecule has 2 aromatic carbocycles. The minimum atomic E-state index is 0.341. The molecule has 0 aliphatic rings. The van der Waals surface area contributed by atoms with Gasteiger partial charge in [-0.15, -0.1) is 0 Å². The summed E-state index contributed by atoms with van der Waals surface area (Å²) < 4.78 is 12.8. The van der Waals surface area contributed by atoms with E-state index in [4.69, 9.17) is 26.8 Å². The minimum Gasteiger partial charge on any atom is -0.493 e. The second kappa shape index (κ2) is 7.93. The maximum Gasteiger partial charge on any atom is 0.221 e.